The van der Waals surface area contributed by atoms with Crippen LogP contribution in [0.1, 0.15) is 44.5 Å². The third-order valence-electron chi connectivity index (χ3n) is 2.70. The molecule has 1 atom stereocenters. The van der Waals surface area contributed by atoms with Crippen molar-refractivity contribution in [3.63, 3.8) is 0 Å². The lowest BCUT2D eigenvalue weighted by Gasteiger charge is -2.12. The largest absolute Gasteiger partial charge is 0.384 e. The van der Waals surface area contributed by atoms with Gasteiger partial charge in [-0.15, -0.1) is 0 Å². The molecule has 0 spiro atoms. The van der Waals surface area contributed by atoms with E-state index in [1.54, 1.807) is 12.4 Å². The van der Waals surface area contributed by atoms with Gasteiger partial charge in [0, 0.05) is 25.0 Å². The zero-order chi connectivity index (χ0) is 13.5. The van der Waals surface area contributed by atoms with Crippen molar-refractivity contribution in [2.45, 2.75) is 40.2 Å². The Balaban J connectivity index is 2.66. The first kappa shape index (κ1) is 14.5. The fraction of sp³-hybridized carbons (Fsp3) is 0.571. The van der Waals surface area contributed by atoms with Crippen LogP contribution in [0.15, 0.2) is 18.5 Å². The molecule has 1 aromatic rings. The molecular weight excluding hydrogens is 226 g/mol. The summed E-state index contributed by atoms with van der Waals surface area (Å²) in [6.07, 6.45) is 4.26. The van der Waals surface area contributed by atoms with Crippen molar-refractivity contribution in [3.8, 4) is 0 Å². The highest BCUT2D eigenvalue weighted by Crippen LogP contribution is 2.09. The van der Waals surface area contributed by atoms with Crippen LogP contribution in [0, 0.1) is 5.92 Å². The van der Waals surface area contributed by atoms with Crippen molar-refractivity contribution in [1.82, 2.24) is 10.3 Å². The Kier molecular flexibility index (Phi) is 5.62. The Morgan fingerprint density at radius 1 is 1.33 bits per heavy atom. The van der Waals surface area contributed by atoms with Crippen LogP contribution in [0.2, 0.25) is 0 Å². The molecule has 4 heteroatoms. The Morgan fingerprint density at radius 2 is 2.06 bits per heavy atom. The maximum atomic E-state index is 11.9. The van der Waals surface area contributed by atoms with Crippen LogP contribution in [-0.4, -0.2) is 23.5 Å². The molecule has 2 N–H and O–H groups in total. The quantitative estimate of drug-likeness (QED) is 0.815. The number of nitrogens with zero attached hydrogens (tertiary/aromatic N) is 1. The van der Waals surface area contributed by atoms with Crippen molar-refractivity contribution >= 4 is 11.6 Å². The van der Waals surface area contributed by atoms with Crippen LogP contribution in [-0.2, 0) is 0 Å². The van der Waals surface area contributed by atoms with Crippen molar-refractivity contribution in [2.24, 2.45) is 5.92 Å². The molecule has 0 saturated heterocycles. The topological polar surface area (TPSA) is 54.0 Å². The van der Waals surface area contributed by atoms with Gasteiger partial charge in [-0.25, -0.2) is 0 Å². The molecule has 1 heterocycles. The Hall–Kier alpha value is -1.58. The minimum atomic E-state index is -0.0648. The maximum Gasteiger partial charge on any atom is 0.253 e. The van der Waals surface area contributed by atoms with Crippen molar-refractivity contribution in [3.05, 3.63) is 24.0 Å². The van der Waals surface area contributed by atoms with E-state index in [9.17, 15) is 4.79 Å². The van der Waals surface area contributed by atoms with Crippen LogP contribution in [0.3, 0.4) is 0 Å². The van der Waals surface area contributed by atoms with Crippen molar-refractivity contribution < 1.29 is 4.79 Å². The molecule has 0 aliphatic carbocycles. The molecule has 1 aromatic heterocycles. The second-order valence-corrected chi connectivity index (χ2v) is 5.02. The first-order chi connectivity index (χ1) is 8.52. The van der Waals surface area contributed by atoms with Gasteiger partial charge in [0.15, 0.2) is 0 Å². The molecule has 1 unspecified atom stereocenters. The normalized spacial score (nSPS) is 12.3. The number of anilines is 1. The summed E-state index contributed by atoms with van der Waals surface area (Å²) in [5.41, 5.74) is 1.49. The molecule has 0 bridgehead atoms. The van der Waals surface area contributed by atoms with Crippen LogP contribution in [0.4, 0.5) is 5.69 Å². The third kappa shape index (κ3) is 4.73. The molecule has 0 aromatic carbocycles. The average molecular weight is 249 g/mol. The molecule has 1 amide bonds. The minimum Gasteiger partial charge on any atom is -0.384 e. The number of rotatable bonds is 6. The lowest BCUT2D eigenvalue weighted by molar-refractivity contribution is 0.0939. The van der Waals surface area contributed by atoms with Crippen molar-refractivity contribution in [1.29, 1.82) is 0 Å². The van der Waals surface area contributed by atoms with E-state index in [0.29, 0.717) is 11.5 Å². The van der Waals surface area contributed by atoms with Crippen molar-refractivity contribution in [2.75, 3.05) is 11.9 Å². The minimum absolute atomic E-state index is 0.0648. The van der Waals surface area contributed by atoms with Gasteiger partial charge in [0.1, 0.15) is 0 Å². The average Bonchev–Trinajstić information content (AvgIpc) is 2.36. The highest BCUT2D eigenvalue weighted by atomic mass is 16.1. The van der Waals surface area contributed by atoms with Gasteiger partial charge >= 0.3 is 0 Å². The molecule has 4 nitrogen and oxygen atoms in total. The van der Waals surface area contributed by atoms with Gasteiger partial charge in [0.2, 0.25) is 0 Å². The highest BCUT2D eigenvalue weighted by molar-refractivity contribution is 5.94. The van der Waals surface area contributed by atoms with E-state index in [1.807, 2.05) is 19.9 Å². The summed E-state index contributed by atoms with van der Waals surface area (Å²) in [4.78, 5) is 16.0. The molecular formula is C14H23N3O. The fourth-order valence-electron chi connectivity index (χ4n) is 1.39. The highest BCUT2D eigenvalue weighted by Gasteiger charge is 2.09. The summed E-state index contributed by atoms with van der Waals surface area (Å²) in [6.45, 7) is 9.19. The number of nitrogens with one attached hydrogen (secondary N) is 2. The van der Waals surface area contributed by atoms with E-state index >= 15 is 0 Å². The summed E-state index contributed by atoms with van der Waals surface area (Å²) in [6, 6.07) is 2.03. The number of pyridine rings is 1. The van der Waals surface area contributed by atoms with Crippen LogP contribution >= 0.6 is 0 Å². The predicted molar refractivity (Wildman–Crippen MR) is 74.8 cm³/mol. The number of hydrogen-bond acceptors (Lipinski definition) is 3. The summed E-state index contributed by atoms with van der Waals surface area (Å²) < 4.78 is 0. The van der Waals surface area contributed by atoms with E-state index in [0.717, 1.165) is 18.7 Å². The molecule has 0 saturated carbocycles. The monoisotopic (exact) mass is 249 g/mol. The van der Waals surface area contributed by atoms with Gasteiger partial charge in [-0.05, 0) is 25.3 Å². The first-order valence-corrected chi connectivity index (χ1v) is 6.52. The zero-order valence-electron chi connectivity index (χ0n) is 11.7. The summed E-state index contributed by atoms with van der Waals surface area (Å²) >= 11 is 0. The van der Waals surface area contributed by atoms with E-state index in [4.69, 9.17) is 0 Å². The Morgan fingerprint density at radius 3 is 2.67 bits per heavy atom. The van der Waals surface area contributed by atoms with Gasteiger partial charge in [0.05, 0.1) is 11.3 Å². The van der Waals surface area contributed by atoms with Crippen LogP contribution < -0.4 is 10.6 Å². The van der Waals surface area contributed by atoms with Crippen LogP contribution in [0.25, 0.3) is 0 Å². The van der Waals surface area contributed by atoms with Gasteiger partial charge in [-0.3, -0.25) is 9.78 Å². The number of carbonyl (C=O) groups excluding carboxylic acids is 1. The SMILES string of the molecule is CCC(C)NC(=O)c1cncc(NCC(C)C)c1. The van der Waals surface area contributed by atoms with Crippen LogP contribution in [0.5, 0.6) is 0 Å². The number of hydrogen-bond donors (Lipinski definition) is 2. The van der Waals surface area contributed by atoms with E-state index < -0.39 is 0 Å². The second kappa shape index (κ2) is 6.99. The standard InChI is InChI=1S/C14H23N3O/c1-5-11(4)17-14(18)12-6-13(9-15-8-12)16-7-10(2)3/h6,8-11,16H,5,7H2,1-4H3,(H,17,18). The molecule has 0 aliphatic heterocycles. The van der Waals surface area contributed by atoms with Gasteiger partial charge < -0.3 is 10.6 Å². The number of aromatic nitrogens is 1. The summed E-state index contributed by atoms with van der Waals surface area (Å²) in [5, 5.41) is 6.20. The lowest BCUT2D eigenvalue weighted by Crippen LogP contribution is -2.32. The summed E-state index contributed by atoms with van der Waals surface area (Å²) in [7, 11) is 0. The molecule has 0 fully saturated rings. The molecule has 0 aliphatic rings. The van der Waals surface area contributed by atoms with E-state index in [1.165, 1.54) is 0 Å². The maximum absolute atomic E-state index is 11.9. The molecule has 18 heavy (non-hydrogen) atoms. The van der Waals surface area contributed by atoms with E-state index in [2.05, 4.69) is 29.5 Å². The number of amides is 1. The van der Waals surface area contributed by atoms with Gasteiger partial charge in [-0.1, -0.05) is 20.8 Å². The Labute approximate surface area is 109 Å². The first-order valence-electron chi connectivity index (χ1n) is 6.52. The lowest BCUT2D eigenvalue weighted by atomic mass is 10.2. The fourth-order valence-corrected chi connectivity index (χ4v) is 1.39. The van der Waals surface area contributed by atoms with Gasteiger partial charge in [0.25, 0.3) is 5.91 Å². The summed E-state index contributed by atoms with van der Waals surface area (Å²) in [5.74, 6) is 0.493. The molecule has 0 radical (unpaired) electrons. The van der Waals surface area contributed by atoms with E-state index in [-0.39, 0.29) is 11.9 Å². The molecule has 1 rings (SSSR count). The second-order valence-electron chi connectivity index (χ2n) is 5.02. The smallest absolute Gasteiger partial charge is 0.253 e. The number of carbonyl (C=O) groups is 1. The molecule has 100 valence electrons. The van der Waals surface area contributed by atoms with Gasteiger partial charge in [-0.2, -0.15) is 0 Å². The predicted octanol–water partition coefficient (Wildman–Crippen LogP) is 2.68. The zero-order valence-corrected chi connectivity index (χ0v) is 11.7. The Bertz CT molecular complexity index is 390. The third-order valence-corrected chi connectivity index (χ3v) is 2.70.